The van der Waals surface area contributed by atoms with Crippen molar-refractivity contribution in [2.24, 2.45) is 43.3 Å². The molecule has 1 heterocycles. The zero-order valence-corrected chi connectivity index (χ0v) is 8.82. The Morgan fingerprint density at radius 1 is 1.06 bits per heavy atom. The second kappa shape index (κ2) is 5.90. The second-order valence-corrected chi connectivity index (χ2v) is 2.76. The minimum Gasteiger partial charge on any atom is -0.463 e. The van der Waals surface area contributed by atoms with E-state index < -0.39 is 0 Å². The zero-order valence-electron chi connectivity index (χ0n) is 8.82. The number of guanidine groups is 2. The number of nitrogens with two attached hydrogens (primary N) is 4. The van der Waals surface area contributed by atoms with Gasteiger partial charge in [0.05, 0.1) is 12.5 Å². The van der Waals surface area contributed by atoms with Gasteiger partial charge in [-0.3, -0.25) is 0 Å². The van der Waals surface area contributed by atoms with Crippen LogP contribution in [0.3, 0.4) is 0 Å². The Morgan fingerprint density at radius 3 is 2.29 bits per heavy atom. The van der Waals surface area contributed by atoms with Crippen LogP contribution in [-0.4, -0.2) is 23.8 Å². The number of hydrogen-bond acceptors (Lipinski definition) is 5. The second-order valence-electron chi connectivity index (χ2n) is 2.76. The molecule has 8 N–H and O–H groups in total. The average molecular weight is 236 g/mol. The lowest BCUT2D eigenvalue weighted by Crippen LogP contribution is -2.22. The molecule has 0 saturated carbocycles. The zero-order chi connectivity index (χ0) is 12.7. The van der Waals surface area contributed by atoms with Crippen LogP contribution in [0.1, 0.15) is 5.76 Å². The van der Waals surface area contributed by atoms with Gasteiger partial charge in [-0.25, -0.2) is 0 Å². The van der Waals surface area contributed by atoms with Crippen molar-refractivity contribution < 1.29 is 4.42 Å². The smallest absolute Gasteiger partial charge is 0.211 e. The quantitative estimate of drug-likeness (QED) is 0.283. The highest BCUT2D eigenvalue weighted by atomic mass is 16.3. The Labute approximate surface area is 96.6 Å². The summed E-state index contributed by atoms with van der Waals surface area (Å²) in [6.07, 6.45) is 2.72. The third kappa shape index (κ3) is 4.46. The minimum atomic E-state index is -0.190. The maximum absolute atomic E-state index is 5.15. The average Bonchev–Trinajstić information content (AvgIpc) is 2.75. The van der Waals surface area contributed by atoms with Crippen molar-refractivity contribution >= 4 is 23.8 Å². The van der Waals surface area contributed by atoms with Gasteiger partial charge in [0.25, 0.3) is 0 Å². The molecule has 0 saturated heterocycles. The van der Waals surface area contributed by atoms with Gasteiger partial charge in [0.2, 0.25) is 11.9 Å². The first kappa shape index (κ1) is 12.2. The molecule has 1 aromatic rings. The van der Waals surface area contributed by atoms with E-state index in [4.69, 9.17) is 27.4 Å². The maximum atomic E-state index is 5.15. The summed E-state index contributed by atoms with van der Waals surface area (Å²) >= 11 is 0. The highest BCUT2D eigenvalue weighted by Gasteiger charge is 2.03. The van der Waals surface area contributed by atoms with Gasteiger partial charge in [-0.1, -0.05) is 0 Å². The SMILES string of the molecule is NC(N)=NN=CC(=NN=C(N)N)c1ccco1. The lowest BCUT2D eigenvalue weighted by molar-refractivity contribution is 0.558. The molecule has 0 unspecified atom stereocenters. The van der Waals surface area contributed by atoms with Crippen LogP contribution < -0.4 is 22.9 Å². The van der Waals surface area contributed by atoms with Gasteiger partial charge < -0.3 is 27.4 Å². The molecule has 0 radical (unpaired) electrons. The summed E-state index contributed by atoms with van der Waals surface area (Å²) < 4.78 is 5.10. The number of hydrogen-bond donors (Lipinski definition) is 4. The molecule has 0 aromatic carbocycles. The monoisotopic (exact) mass is 236 g/mol. The first-order valence-electron chi connectivity index (χ1n) is 4.42. The molecule has 1 rings (SSSR count). The number of furan rings is 1. The topological polar surface area (TPSA) is 167 Å². The Bertz CT molecular complexity index is 462. The van der Waals surface area contributed by atoms with Crippen molar-refractivity contribution in [3.63, 3.8) is 0 Å². The summed E-state index contributed by atoms with van der Waals surface area (Å²) in [6.45, 7) is 0. The molecular formula is C8H12N8O. The van der Waals surface area contributed by atoms with Crippen molar-refractivity contribution in [2.45, 2.75) is 0 Å². The fraction of sp³-hybridized carbons (Fsp3) is 0. The third-order valence-electron chi connectivity index (χ3n) is 1.40. The van der Waals surface area contributed by atoms with Crippen LogP contribution in [-0.2, 0) is 0 Å². The Balaban J connectivity index is 2.96. The predicted octanol–water partition coefficient (Wildman–Crippen LogP) is -1.48. The van der Waals surface area contributed by atoms with E-state index in [1.165, 1.54) is 12.5 Å². The van der Waals surface area contributed by atoms with Crippen molar-refractivity contribution in [1.29, 1.82) is 0 Å². The van der Waals surface area contributed by atoms with Crippen LogP contribution in [0.25, 0.3) is 0 Å². The van der Waals surface area contributed by atoms with Gasteiger partial charge in [-0.15, -0.1) is 15.3 Å². The van der Waals surface area contributed by atoms with Crippen LogP contribution >= 0.6 is 0 Å². The van der Waals surface area contributed by atoms with Crippen molar-refractivity contribution in [1.82, 2.24) is 0 Å². The molecule has 0 amide bonds. The van der Waals surface area contributed by atoms with Crippen LogP contribution in [0.2, 0.25) is 0 Å². The fourth-order valence-electron chi connectivity index (χ4n) is 0.825. The molecule has 0 aliphatic rings. The summed E-state index contributed by atoms with van der Waals surface area (Å²) in [4.78, 5) is 0. The summed E-state index contributed by atoms with van der Waals surface area (Å²) in [5.74, 6) is 0.0516. The van der Waals surface area contributed by atoms with E-state index in [0.717, 1.165) is 0 Å². The van der Waals surface area contributed by atoms with Gasteiger partial charge in [-0.2, -0.15) is 5.10 Å². The number of nitrogens with zero attached hydrogens (tertiary/aromatic N) is 4. The molecule has 0 atom stereocenters. The summed E-state index contributed by atoms with van der Waals surface area (Å²) in [6, 6.07) is 3.33. The van der Waals surface area contributed by atoms with E-state index in [-0.39, 0.29) is 17.6 Å². The molecule has 9 nitrogen and oxygen atoms in total. The van der Waals surface area contributed by atoms with E-state index in [9.17, 15) is 0 Å². The van der Waals surface area contributed by atoms with Crippen LogP contribution in [0.15, 0.2) is 43.2 Å². The molecule has 0 fully saturated rings. The van der Waals surface area contributed by atoms with E-state index in [1.807, 2.05) is 0 Å². The molecule has 0 spiro atoms. The lowest BCUT2D eigenvalue weighted by atomic mass is 10.3. The van der Waals surface area contributed by atoms with E-state index in [2.05, 4.69) is 20.4 Å². The molecule has 0 aliphatic heterocycles. The first-order chi connectivity index (χ1) is 8.09. The lowest BCUT2D eigenvalue weighted by Gasteiger charge is -1.92. The normalized spacial score (nSPS) is 11.4. The fourth-order valence-corrected chi connectivity index (χ4v) is 0.825. The first-order valence-corrected chi connectivity index (χ1v) is 4.42. The third-order valence-corrected chi connectivity index (χ3v) is 1.40. The van der Waals surface area contributed by atoms with Gasteiger partial charge in [0.15, 0.2) is 5.76 Å². The van der Waals surface area contributed by atoms with Gasteiger partial charge in [0.1, 0.15) is 5.71 Å². The number of rotatable bonds is 4. The van der Waals surface area contributed by atoms with E-state index in [1.54, 1.807) is 12.1 Å². The molecular weight excluding hydrogens is 224 g/mol. The molecule has 17 heavy (non-hydrogen) atoms. The van der Waals surface area contributed by atoms with Crippen LogP contribution in [0, 0.1) is 0 Å². The minimum absolute atomic E-state index is 0.179. The Morgan fingerprint density at radius 2 is 1.76 bits per heavy atom. The van der Waals surface area contributed by atoms with Crippen LogP contribution in [0.5, 0.6) is 0 Å². The maximum Gasteiger partial charge on any atom is 0.211 e. The van der Waals surface area contributed by atoms with Gasteiger partial charge in [-0.05, 0) is 12.1 Å². The Hall–Kier alpha value is -2.84. The standard InChI is InChI=1S/C8H12N8O/c9-7(10)15-13-4-5(14-16-8(11)12)6-2-1-3-17-6/h1-4H,(H4,9,10,15)(H4,11,12,16). The highest BCUT2D eigenvalue weighted by Crippen LogP contribution is 2.01. The van der Waals surface area contributed by atoms with Gasteiger partial charge in [0, 0.05) is 0 Å². The van der Waals surface area contributed by atoms with Crippen molar-refractivity contribution in [3.05, 3.63) is 24.2 Å². The Kier molecular flexibility index (Phi) is 4.25. The summed E-state index contributed by atoms with van der Waals surface area (Å²) in [5.41, 5.74) is 20.8. The predicted molar refractivity (Wildman–Crippen MR) is 65.4 cm³/mol. The molecule has 9 heteroatoms. The highest BCUT2D eigenvalue weighted by molar-refractivity contribution is 6.37. The largest absolute Gasteiger partial charge is 0.463 e. The van der Waals surface area contributed by atoms with E-state index in [0.29, 0.717) is 5.76 Å². The van der Waals surface area contributed by atoms with E-state index >= 15 is 0 Å². The van der Waals surface area contributed by atoms with Crippen molar-refractivity contribution in [2.75, 3.05) is 0 Å². The molecule has 0 bridgehead atoms. The summed E-state index contributed by atoms with van der Waals surface area (Å²) in [5, 5.41) is 14.2. The van der Waals surface area contributed by atoms with Crippen LogP contribution in [0.4, 0.5) is 0 Å². The molecule has 0 aliphatic carbocycles. The molecule has 90 valence electrons. The van der Waals surface area contributed by atoms with Crippen molar-refractivity contribution in [3.8, 4) is 0 Å². The molecule has 1 aromatic heterocycles. The van der Waals surface area contributed by atoms with Gasteiger partial charge >= 0.3 is 0 Å². The summed E-state index contributed by atoms with van der Waals surface area (Å²) in [7, 11) is 0.